The Morgan fingerprint density at radius 2 is 1.87 bits per heavy atom. The van der Waals surface area contributed by atoms with Gasteiger partial charge in [0, 0.05) is 32.1 Å². The summed E-state index contributed by atoms with van der Waals surface area (Å²) in [7, 11) is 0. The Labute approximate surface area is 183 Å². The lowest BCUT2D eigenvalue weighted by Crippen LogP contribution is -2.44. The summed E-state index contributed by atoms with van der Waals surface area (Å²) in [5.74, 6) is 1.57. The van der Waals surface area contributed by atoms with Gasteiger partial charge in [-0.05, 0) is 62.3 Å². The second-order valence-corrected chi connectivity index (χ2v) is 8.77. The Morgan fingerprint density at radius 3 is 2.58 bits per heavy atom. The number of piperidine rings is 2. The molecule has 0 atom stereocenters. The molecule has 4 heterocycles. The van der Waals surface area contributed by atoms with E-state index in [2.05, 4.69) is 39.3 Å². The normalized spacial score (nSPS) is 17.9. The van der Waals surface area contributed by atoms with Crippen molar-refractivity contribution in [2.45, 2.75) is 45.4 Å². The van der Waals surface area contributed by atoms with Crippen LogP contribution in [0.25, 0.3) is 16.7 Å². The van der Waals surface area contributed by atoms with Crippen molar-refractivity contribution in [1.29, 1.82) is 5.26 Å². The first-order valence-corrected chi connectivity index (χ1v) is 11.6. The fourth-order valence-electron chi connectivity index (χ4n) is 5.22. The molecule has 0 saturated carbocycles. The lowest BCUT2D eigenvalue weighted by Gasteiger charge is -2.37. The van der Waals surface area contributed by atoms with E-state index in [0.29, 0.717) is 11.5 Å². The SMILES string of the molecule is CCc1cc(N2CCC(C(=O)N3CCCCC3)CC2)n2c(nc3ccccc32)c1C#N. The van der Waals surface area contributed by atoms with Crippen LogP contribution in [0.1, 0.15) is 50.2 Å². The number of aromatic nitrogens is 2. The highest BCUT2D eigenvalue weighted by atomic mass is 16.2. The van der Waals surface area contributed by atoms with Gasteiger partial charge in [0.1, 0.15) is 11.9 Å². The summed E-state index contributed by atoms with van der Waals surface area (Å²) >= 11 is 0. The van der Waals surface area contributed by atoms with Crippen molar-refractivity contribution >= 4 is 28.4 Å². The molecule has 2 fully saturated rings. The highest BCUT2D eigenvalue weighted by molar-refractivity contribution is 5.85. The van der Waals surface area contributed by atoms with Crippen molar-refractivity contribution in [1.82, 2.24) is 14.3 Å². The molecule has 160 valence electrons. The van der Waals surface area contributed by atoms with Crippen molar-refractivity contribution in [3.8, 4) is 6.07 Å². The maximum Gasteiger partial charge on any atom is 0.225 e. The molecular formula is C25H29N5O. The first-order chi connectivity index (χ1) is 15.2. The Balaban J connectivity index is 1.48. The van der Waals surface area contributed by atoms with Gasteiger partial charge in [-0.1, -0.05) is 19.1 Å². The van der Waals surface area contributed by atoms with E-state index in [1.165, 1.54) is 6.42 Å². The van der Waals surface area contributed by atoms with Gasteiger partial charge < -0.3 is 9.80 Å². The molecule has 0 radical (unpaired) electrons. The summed E-state index contributed by atoms with van der Waals surface area (Å²) < 4.78 is 2.14. The second-order valence-electron chi connectivity index (χ2n) is 8.77. The molecule has 5 rings (SSSR count). The molecular weight excluding hydrogens is 386 g/mol. The molecule has 2 saturated heterocycles. The molecule has 2 aliphatic heterocycles. The maximum atomic E-state index is 13.0. The highest BCUT2D eigenvalue weighted by Gasteiger charge is 2.30. The largest absolute Gasteiger partial charge is 0.358 e. The minimum Gasteiger partial charge on any atom is -0.358 e. The number of fused-ring (bicyclic) bond motifs is 3. The van der Waals surface area contributed by atoms with Gasteiger partial charge in [-0.15, -0.1) is 0 Å². The number of imidazole rings is 1. The number of benzene rings is 1. The van der Waals surface area contributed by atoms with Crippen molar-refractivity contribution < 1.29 is 4.79 Å². The first kappa shape index (κ1) is 19.9. The summed E-state index contributed by atoms with van der Waals surface area (Å²) in [5, 5.41) is 9.83. The zero-order valence-corrected chi connectivity index (χ0v) is 18.2. The number of anilines is 1. The zero-order chi connectivity index (χ0) is 21.4. The minimum atomic E-state index is 0.133. The number of hydrogen-bond acceptors (Lipinski definition) is 4. The summed E-state index contributed by atoms with van der Waals surface area (Å²) in [4.78, 5) is 22.3. The highest BCUT2D eigenvalue weighted by Crippen LogP contribution is 2.32. The van der Waals surface area contributed by atoms with E-state index < -0.39 is 0 Å². The number of hydrogen-bond donors (Lipinski definition) is 0. The number of nitrogens with zero attached hydrogens (tertiary/aromatic N) is 5. The van der Waals surface area contributed by atoms with Gasteiger partial charge in [0.05, 0.1) is 16.6 Å². The molecule has 2 aliphatic rings. The molecule has 0 spiro atoms. The average Bonchev–Trinajstić information content (AvgIpc) is 3.22. The predicted octanol–water partition coefficient (Wildman–Crippen LogP) is 4.15. The van der Waals surface area contributed by atoms with E-state index >= 15 is 0 Å². The number of aryl methyl sites for hydroxylation is 1. The molecule has 31 heavy (non-hydrogen) atoms. The lowest BCUT2D eigenvalue weighted by molar-refractivity contribution is -0.137. The van der Waals surface area contributed by atoms with Gasteiger partial charge in [0.25, 0.3) is 0 Å². The third kappa shape index (κ3) is 3.42. The summed E-state index contributed by atoms with van der Waals surface area (Å²) in [6.07, 6.45) is 6.08. The molecule has 1 amide bonds. The van der Waals surface area contributed by atoms with Crippen LogP contribution in [0, 0.1) is 17.2 Å². The van der Waals surface area contributed by atoms with Crippen molar-refractivity contribution in [2.24, 2.45) is 5.92 Å². The van der Waals surface area contributed by atoms with E-state index in [0.717, 1.165) is 86.3 Å². The van der Waals surface area contributed by atoms with Crippen LogP contribution in [0.5, 0.6) is 0 Å². The Hall–Kier alpha value is -3.07. The van der Waals surface area contributed by atoms with Crippen molar-refractivity contribution in [3.63, 3.8) is 0 Å². The Morgan fingerprint density at radius 1 is 1.13 bits per heavy atom. The van der Waals surface area contributed by atoms with E-state index in [-0.39, 0.29) is 5.92 Å². The van der Waals surface area contributed by atoms with Crippen LogP contribution in [-0.4, -0.2) is 46.4 Å². The smallest absolute Gasteiger partial charge is 0.225 e. The van der Waals surface area contributed by atoms with Gasteiger partial charge in [-0.3, -0.25) is 9.20 Å². The van der Waals surface area contributed by atoms with Crippen molar-refractivity contribution in [2.75, 3.05) is 31.1 Å². The van der Waals surface area contributed by atoms with E-state index in [4.69, 9.17) is 4.98 Å². The minimum absolute atomic E-state index is 0.133. The first-order valence-electron chi connectivity index (χ1n) is 11.6. The maximum absolute atomic E-state index is 13.0. The third-order valence-corrected chi connectivity index (χ3v) is 6.97. The second kappa shape index (κ2) is 8.22. The van der Waals surface area contributed by atoms with Crippen LogP contribution in [0.4, 0.5) is 5.82 Å². The van der Waals surface area contributed by atoms with Crippen LogP contribution in [0.2, 0.25) is 0 Å². The molecule has 3 aromatic rings. The molecule has 2 aromatic heterocycles. The summed E-state index contributed by atoms with van der Waals surface area (Å²) in [5.41, 5.74) is 4.37. The number of likely N-dealkylation sites (tertiary alicyclic amines) is 1. The topological polar surface area (TPSA) is 64.6 Å². The molecule has 0 bridgehead atoms. The van der Waals surface area contributed by atoms with Crippen LogP contribution < -0.4 is 4.90 Å². The molecule has 0 N–H and O–H groups in total. The van der Waals surface area contributed by atoms with Gasteiger partial charge in [0.15, 0.2) is 5.65 Å². The van der Waals surface area contributed by atoms with Gasteiger partial charge >= 0.3 is 0 Å². The molecule has 6 nitrogen and oxygen atoms in total. The number of para-hydroxylation sites is 2. The number of carbonyl (C=O) groups is 1. The number of carbonyl (C=O) groups excluding carboxylic acids is 1. The molecule has 1 aromatic carbocycles. The van der Waals surface area contributed by atoms with E-state index in [1.807, 2.05) is 18.2 Å². The van der Waals surface area contributed by atoms with Gasteiger partial charge in [0.2, 0.25) is 5.91 Å². The number of amides is 1. The third-order valence-electron chi connectivity index (χ3n) is 6.97. The fraction of sp³-hybridized carbons (Fsp3) is 0.480. The molecule has 6 heteroatoms. The van der Waals surface area contributed by atoms with Gasteiger partial charge in [-0.25, -0.2) is 4.98 Å². The average molecular weight is 416 g/mol. The predicted molar refractivity (Wildman–Crippen MR) is 122 cm³/mol. The number of nitriles is 1. The summed E-state index contributed by atoms with van der Waals surface area (Å²) in [6, 6.07) is 12.6. The van der Waals surface area contributed by atoms with Crippen LogP contribution >= 0.6 is 0 Å². The van der Waals surface area contributed by atoms with Crippen molar-refractivity contribution in [3.05, 3.63) is 41.5 Å². The molecule has 0 unspecified atom stereocenters. The Bertz CT molecular complexity index is 1160. The van der Waals surface area contributed by atoms with Crippen LogP contribution in [-0.2, 0) is 11.2 Å². The number of rotatable bonds is 3. The fourth-order valence-corrected chi connectivity index (χ4v) is 5.22. The monoisotopic (exact) mass is 415 g/mol. The Kier molecular flexibility index (Phi) is 5.27. The zero-order valence-electron chi connectivity index (χ0n) is 18.2. The van der Waals surface area contributed by atoms with Gasteiger partial charge in [-0.2, -0.15) is 5.26 Å². The summed E-state index contributed by atoms with van der Waals surface area (Å²) in [6.45, 7) is 5.64. The van der Waals surface area contributed by atoms with Crippen LogP contribution in [0.15, 0.2) is 30.3 Å². The standard InChI is InChI=1S/C25H29N5O/c1-2-18-16-23(30-22-9-5-4-8-21(22)27-24(30)20(18)17-26)28-14-10-19(11-15-28)25(31)29-12-6-3-7-13-29/h4-5,8-9,16,19H,2-3,6-7,10-15H2,1H3. The van der Waals surface area contributed by atoms with Crippen LogP contribution in [0.3, 0.4) is 0 Å². The quantitative estimate of drug-likeness (QED) is 0.645. The molecule has 0 aliphatic carbocycles. The van der Waals surface area contributed by atoms with E-state index in [9.17, 15) is 10.1 Å². The lowest BCUT2D eigenvalue weighted by atomic mass is 9.94. The number of pyridine rings is 1. The van der Waals surface area contributed by atoms with E-state index in [1.54, 1.807) is 0 Å².